The number of ketones is 1. The second-order valence-corrected chi connectivity index (χ2v) is 8.63. The van der Waals surface area contributed by atoms with Gasteiger partial charge >= 0.3 is 0 Å². The molecule has 0 amide bonds. The van der Waals surface area contributed by atoms with Crippen LogP contribution in [0.3, 0.4) is 0 Å². The highest BCUT2D eigenvalue weighted by atomic mass is 32.2. The van der Waals surface area contributed by atoms with Crippen LogP contribution in [-0.4, -0.2) is 11.5 Å². The Hall–Kier alpha value is -2.97. The predicted molar refractivity (Wildman–Crippen MR) is 120 cm³/mol. The van der Waals surface area contributed by atoms with E-state index >= 15 is 0 Å². The van der Waals surface area contributed by atoms with Gasteiger partial charge in [0.25, 0.3) is 0 Å². The Labute approximate surface area is 181 Å². The summed E-state index contributed by atoms with van der Waals surface area (Å²) in [5, 5.41) is 14.2. The molecule has 5 heteroatoms. The van der Waals surface area contributed by atoms with E-state index in [0.29, 0.717) is 18.6 Å². The monoisotopic (exact) mass is 416 g/mol. The van der Waals surface area contributed by atoms with Gasteiger partial charge < -0.3 is 10.1 Å². The third-order valence-electron chi connectivity index (χ3n) is 5.41. The number of allylic oxidation sites excluding steroid dienone is 3. The highest BCUT2D eigenvalue weighted by molar-refractivity contribution is 8.03. The molecule has 0 bridgehead atoms. The standard InChI is InChI=1S/C25H24N2O2S/c1-2-30-25-20(15-26)23(24-21(27-25)9-6-10-22(24)28)18-11-13-19(14-12-18)29-16-17-7-4-3-5-8-17/h3-5,7-8,11-14,23,27H,2,6,9-10,16H2,1H3. The molecule has 2 aromatic rings. The first-order valence-corrected chi connectivity index (χ1v) is 11.3. The molecule has 4 nitrogen and oxygen atoms in total. The van der Waals surface area contributed by atoms with Crippen molar-refractivity contribution in [2.75, 3.05) is 5.75 Å². The lowest BCUT2D eigenvalue weighted by molar-refractivity contribution is -0.116. The fourth-order valence-corrected chi connectivity index (χ4v) is 4.82. The normalized spacial score (nSPS) is 18.5. The van der Waals surface area contributed by atoms with Crippen LogP contribution in [0.15, 0.2) is 76.5 Å². The van der Waals surface area contributed by atoms with Gasteiger partial charge in [-0.05, 0) is 41.9 Å². The number of dihydropyridines is 1. The Morgan fingerprint density at radius 3 is 2.60 bits per heavy atom. The summed E-state index contributed by atoms with van der Waals surface area (Å²) in [7, 11) is 0. The summed E-state index contributed by atoms with van der Waals surface area (Å²) in [4.78, 5) is 12.8. The summed E-state index contributed by atoms with van der Waals surface area (Å²) < 4.78 is 5.90. The Morgan fingerprint density at radius 2 is 1.90 bits per heavy atom. The number of carbonyl (C=O) groups excluding carboxylic acids is 1. The first-order chi connectivity index (χ1) is 14.7. The summed E-state index contributed by atoms with van der Waals surface area (Å²) in [5.41, 5.74) is 4.44. The summed E-state index contributed by atoms with van der Waals surface area (Å²) in [6.07, 6.45) is 2.25. The molecule has 1 heterocycles. The van der Waals surface area contributed by atoms with Crippen LogP contribution in [0.1, 0.15) is 43.2 Å². The minimum absolute atomic E-state index is 0.145. The molecule has 0 aromatic heterocycles. The number of Topliss-reactive ketones (excluding diaryl/α,β-unsaturated/α-hetero) is 1. The van der Waals surface area contributed by atoms with Crippen LogP contribution in [0.25, 0.3) is 0 Å². The van der Waals surface area contributed by atoms with Crippen LogP contribution in [0.2, 0.25) is 0 Å². The smallest absolute Gasteiger partial charge is 0.161 e. The topological polar surface area (TPSA) is 62.1 Å². The summed E-state index contributed by atoms with van der Waals surface area (Å²) >= 11 is 1.63. The Morgan fingerprint density at radius 1 is 1.13 bits per heavy atom. The van der Waals surface area contributed by atoms with Crippen LogP contribution >= 0.6 is 11.8 Å². The number of hydrogen-bond donors (Lipinski definition) is 1. The van der Waals surface area contributed by atoms with Crippen LogP contribution in [-0.2, 0) is 11.4 Å². The van der Waals surface area contributed by atoms with Gasteiger partial charge in [0.2, 0.25) is 0 Å². The van der Waals surface area contributed by atoms with Crippen LogP contribution in [0.4, 0.5) is 0 Å². The molecule has 2 aliphatic rings. The molecule has 0 saturated carbocycles. The number of hydrogen-bond acceptors (Lipinski definition) is 5. The van der Waals surface area contributed by atoms with Gasteiger partial charge in [-0.3, -0.25) is 4.79 Å². The molecule has 1 aliphatic carbocycles. The summed E-state index contributed by atoms with van der Waals surface area (Å²) in [6, 6.07) is 20.2. The molecule has 0 saturated heterocycles. The highest BCUT2D eigenvalue weighted by Gasteiger charge is 2.36. The van der Waals surface area contributed by atoms with E-state index in [2.05, 4.69) is 18.3 Å². The largest absolute Gasteiger partial charge is 0.489 e. The van der Waals surface area contributed by atoms with E-state index < -0.39 is 0 Å². The molecule has 1 N–H and O–H groups in total. The molecule has 30 heavy (non-hydrogen) atoms. The molecular weight excluding hydrogens is 392 g/mol. The Kier molecular flexibility index (Phi) is 6.25. The molecule has 152 valence electrons. The zero-order valence-electron chi connectivity index (χ0n) is 17.0. The quantitative estimate of drug-likeness (QED) is 0.679. The van der Waals surface area contributed by atoms with E-state index in [1.807, 2.05) is 54.6 Å². The average Bonchev–Trinajstić information content (AvgIpc) is 2.78. The third kappa shape index (κ3) is 4.15. The van der Waals surface area contributed by atoms with Crippen molar-refractivity contribution in [1.29, 1.82) is 5.26 Å². The van der Waals surface area contributed by atoms with Gasteiger partial charge in [0.15, 0.2) is 5.78 Å². The Balaban J connectivity index is 1.63. The number of thioether (sulfide) groups is 1. The molecule has 1 atom stereocenters. The van der Waals surface area contributed by atoms with Crippen LogP contribution < -0.4 is 10.1 Å². The van der Waals surface area contributed by atoms with Crippen molar-refractivity contribution in [2.45, 2.75) is 38.7 Å². The third-order valence-corrected chi connectivity index (χ3v) is 6.31. The Bertz CT molecular complexity index is 1030. The van der Waals surface area contributed by atoms with Crippen LogP contribution in [0.5, 0.6) is 5.75 Å². The maximum absolute atomic E-state index is 12.8. The van der Waals surface area contributed by atoms with Gasteiger partial charge in [-0.1, -0.05) is 49.4 Å². The highest BCUT2D eigenvalue weighted by Crippen LogP contribution is 2.44. The molecule has 1 unspecified atom stereocenters. The average molecular weight is 417 g/mol. The van der Waals surface area contributed by atoms with Crippen molar-refractivity contribution < 1.29 is 9.53 Å². The van der Waals surface area contributed by atoms with Gasteiger partial charge in [0, 0.05) is 17.7 Å². The number of carbonyl (C=O) groups is 1. The van der Waals surface area contributed by atoms with Crippen molar-refractivity contribution in [3.63, 3.8) is 0 Å². The molecule has 2 aromatic carbocycles. The van der Waals surface area contributed by atoms with Crippen molar-refractivity contribution in [3.8, 4) is 11.8 Å². The number of benzene rings is 2. The van der Waals surface area contributed by atoms with Crippen molar-refractivity contribution in [3.05, 3.63) is 87.6 Å². The fraction of sp³-hybridized carbons (Fsp3) is 0.280. The molecule has 0 fully saturated rings. The number of nitrogens with zero attached hydrogens (tertiary/aromatic N) is 1. The second kappa shape index (κ2) is 9.23. The van der Waals surface area contributed by atoms with Gasteiger partial charge in [-0.25, -0.2) is 0 Å². The first-order valence-electron chi connectivity index (χ1n) is 10.3. The van der Waals surface area contributed by atoms with E-state index in [-0.39, 0.29) is 11.7 Å². The molecule has 0 radical (unpaired) electrons. The number of nitriles is 1. The van der Waals surface area contributed by atoms with Crippen molar-refractivity contribution in [1.82, 2.24) is 5.32 Å². The van der Waals surface area contributed by atoms with Gasteiger partial charge in [0.1, 0.15) is 12.4 Å². The minimum Gasteiger partial charge on any atom is -0.489 e. The predicted octanol–water partition coefficient (Wildman–Crippen LogP) is 5.45. The number of ether oxygens (including phenoxy) is 1. The van der Waals surface area contributed by atoms with Gasteiger partial charge in [0.05, 0.1) is 22.6 Å². The van der Waals surface area contributed by atoms with Crippen LogP contribution in [0, 0.1) is 11.3 Å². The second-order valence-electron chi connectivity index (χ2n) is 7.36. The molecule has 4 rings (SSSR count). The minimum atomic E-state index is -0.309. The maximum Gasteiger partial charge on any atom is 0.161 e. The van der Waals surface area contributed by atoms with E-state index in [4.69, 9.17) is 4.74 Å². The molecule has 1 aliphatic heterocycles. The van der Waals surface area contributed by atoms with E-state index in [1.54, 1.807) is 11.8 Å². The SMILES string of the molecule is CCSC1=C(C#N)C(c2ccc(OCc3ccccc3)cc2)C2=C(CCCC2=O)N1. The summed E-state index contributed by atoms with van der Waals surface area (Å²) in [6.45, 7) is 2.57. The van der Waals surface area contributed by atoms with E-state index in [1.165, 1.54) is 0 Å². The fourth-order valence-electron chi connectivity index (χ4n) is 4.01. The summed E-state index contributed by atoms with van der Waals surface area (Å²) in [5.74, 6) is 1.47. The van der Waals surface area contributed by atoms with E-state index in [9.17, 15) is 10.1 Å². The van der Waals surface area contributed by atoms with Crippen molar-refractivity contribution >= 4 is 17.5 Å². The first kappa shape index (κ1) is 20.3. The lowest BCUT2D eigenvalue weighted by Gasteiger charge is -2.33. The maximum atomic E-state index is 12.8. The van der Waals surface area contributed by atoms with Gasteiger partial charge in [-0.15, -0.1) is 11.8 Å². The number of nitrogens with one attached hydrogen (secondary N) is 1. The van der Waals surface area contributed by atoms with Crippen molar-refractivity contribution in [2.24, 2.45) is 0 Å². The molecular formula is C25H24N2O2S. The lowest BCUT2D eigenvalue weighted by Crippen LogP contribution is -2.31. The zero-order chi connectivity index (χ0) is 20.9. The molecule has 0 spiro atoms. The lowest BCUT2D eigenvalue weighted by atomic mass is 9.77. The van der Waals surface area contributed by atoms with E-state index in [0.717, 1.165) is 51.8 Å². The zero-order valence-corrected chi connectivity index (χ0v) is 17.8. The number of rotatable bonds is 6. The van der Waals surface area contributed by atoms with Gasteiger partial charge in [-0.2, -0.15) is 5.26 Å².